The number of nitrogens with zero attached hydrogens (tertiary/aromatic N) is 6. The number of carbonyl (C=O) groups is 1. The number of hydrogen-bond acceptors (Lipinski definition) is 8. The van der Waals surface area contributed by atoms with E-state index in [2.05, 4.69) is 32.4 Å². The Bertz CT molecular complexity index is 1950. The third-order valence-electron chi connectivity index (χ3n) is 9.27. The highest BCUT2D eigenvalue weighted by molar-refractivity contribution is 5.96. The van der Waals surface area contributed by atoms with Gasteiger partial charge in [-0.25, -0.2) is 4.68 Å². The van der Waals surface area contributed by atoms with Crippen molar-refractivity contribution < 1.29 is 13.9 Å². The fraction of sp³-hybridized carbons (Fsp3) is 0.316. The molecule has 3 aromatic carbocycles. The molecule has 0 radical (unpaired) electrons. The first-order valence-electron chi connectivity index (χ1n) is 16.5. The molecule has 10 heteroatoms. The first kappa shape index (κ1) is 31.2. The lowest BCUT2D eigenvalue weighted by Gasteiger charge is -2.32. The van der Waals surface area contributed by atoms with Crippen LogP contribution in [-0.4, -0.2) is 63.8 Å². The predicted molar refractivity (Wildman–Crippen MR) is 180 cm³/mol. The summed E-state index contributed by atoms with van der Waals surface area (Å²) in [7, 11) is 0. The second kappa shape index (κ2) is 14.1. The maximum atomic E-state index is 13.1. The Hall–Kier alpha value is -5.42. The molecule has 2 saturated heterocycles. The normalized spacial score (nSPS) is 16.4. The molecule has 10 nitrogen and oxygen atoms in total. The van der Waals surface area contributed by atoms with Gasteiger partial charge in [-0.15, -0.1) is 0 Å². The number of piperidine rings is 2. The van der Waals surface area contributed by atoms with Gasteiger partial charge in [0, 0.05) is 68.5 Å². The van der Waals surface area contributed by atoms with E-state index in [1.165, 1.54) is 5.56 Å². The molecule has 5 aromatic rings. The summed E-state index contributed by atoms with van der Waals surface area (Å²) in [4.78, 5) is 17.9. The van der Waals surface area contributed by atoms with E-state index in [4.69, 9.17) is 19.7 Å². The van der Waals surface area contributed by atoms with Crippen LogP contribution in [0.5, 0.6) is 5.75 Å². The number of nitrogens with one attached hydrogen (secondary N) is 1. The second-order valence-electron chi connectivity index (χ2n) is 12.7. The summed E-state index contributed by atoms with van der Waals surface area (Å²) in [6, 6.07) is 27.1. The molecule has 0 aliphatic carbocycles. The average molecular weight is 640 g/mol. The van der Waals surface area contributed by atoms with Crippen molar-refractivity contribution in [3.63, 3.8) is 0 Å². The van der Waals surface area contributed by atoms with Crippen LogP contribution in [0.2, 0.25) is 0 Å². The van der Waals surface area contributed by atoms with E-state index >= 15 is 0 Å². The Balaban J connectivity index is 0.865. The SMILES string of the molecule is N#Cc1ccc(CN2CCC(NC(=O)c3cc4ccc(OC5CCN(Cc6cnn(-c7ccc(C#N)cc7)c6)CC5)cc4o3)CC2)cc1. The molecule has 1 amide bonds. The van der Waals surface area contributed by atoms with Gasteiger partial charge in [0.15, 0.2) is 5.76 Å². The molecular formula is C38H37N7O3. The number of ether oxygens (including phenoxy) is 1. The van der Waals surface area contributed by atoms with E-state index in [9.17, 15) is 4.79 Å². The van der Waals surface area contributed by atoms with Gasteiger partial charge in [0.1, 0.15) is 17.4 Å². The van der Waals surface area contributed by atoms with E-state index in [0.717, 1.165) is 87.3 Å². The van der Waals surface area contributed by atoms with Crippen LogP contribution in [0.15, 0.2) is 89.6 Å². The molecule has 2 aromatic heterocycles. The van der Waals surface area contributed by atoms with Crippen molar-refractivity contribution in [2.75, 3.05) is 26.2 Å². The molecule has 48 heavy (non-hydrogen) atoms. The quantitative estimate of drug-likeness (QED) is 0.215. The van der Waals surface area contributed by atoms with Gasteiger partial charge in [-0.2, -0.15) is 15.6 Å². The van der Waals surface area contributed by atoms with Gasteiger partial charge in [-0.1, -0.05) is 12.1 Å². The third-order valence-corrected chi connectivity index (χ3v) is 9.27. The third kappa shape index (κ3) is 7.42. The van der Waals surface area contributed by atoms with Crippen molar-refractivity contribution in [2.24, 2.45) is 0 Å². The summed E-state index contributed by atoms with van der Waals surface area (Å²) in [6.45, 7) is 5.31. The number of hydrogen-bond donors (Lipinski definition) is 1. The summed E-state index contributed by atoms with van der Waals surface area (Å²) < 4.78 is 14.2. The topological polar surface area (TPSA) is 123 Å². The van der Waals surface area contributed by atoms with Gasteiger partial charge in [0.05, 0.1) is 35.1 Å². The molecule has 4 heterocycles. The molecule has 0 bridgehead atoms. The molecule has 1 N–H and O–H groups in total. The van der Waals surface area contributed by atoms with Crippen molar-refractivity contribution in [3.8, 4) is 23.6 Å². The highest BCUT2D eigenvalue weighted by Crippen LogP contribution is 2.27. The number of carbonyl (C=O) groups excluding carboxylic acids is 1. The fourth-order valence-corrected chi connectivity index (χ4v) is 6.54. The van der Waals surface area contributed by atoms with Gasteiger partial charge in [0.25, 0.3) is 5.91 Å². The first-order valence-corrected chi connectivity index (χ1v) is 16.5. The Labute approximate surface area is 279 Å². The van der Waals surface area contributed by atoms with Crippen LogP contribution in [0.1, 0.15) is 58.5 Å². The van der Waals surface area contributed by atoms with E-state index in [-0.39, 0.29) is 18.1 Å². The molecule has 0 atom stereocenters. The number of benzene rings is 3. The van der Waals surface area contributed by atoms with Crippen molar-refractivity contribution in [2.45, 2.75) is 50.9 Å². The predicted octanol–water partition coefficient (Wildman–Crippen LogP) is 5.80. The van der Waals surface area contributed by atoms with E-state index in [1.807, 2.05) is 71.7 Å². The smallest absolute Gasteiger partial charge is 0.287 e. The number of nitriles is 2. The van der Waals surface area contributed by atoms with Crippen LogP contribution in [-0.2, 0) is 13.1 Å². The zero-order valence-electron chi connectivity index (χ0n) is 26.7. The van der Waals surface area contributed by atoms with Gasteiger partial charge >= 0.3 is 0 Å². The van der Waals surface area contributed by atoms with Crippen molar-refractivity contribution in [1.29, 1.82) is 10.5 Å². The van der Waals surface area contributed by atoms with Crippen LogP contribution in [0.25, 0.3) is 16.7 Å². The van der Waals surface area contributed by atoms with Crippen LogP contribution in [0, 0.1) is 22.7 Å². The molecular weight excluding hydrogens is 602 g/mol. The molecule has 0 spiro atoms. The zero-order chi connectivity index (χ0) is 32.9. The minimum absolute atomic E-state index is 0.103. The number of fused-ring (bicyclic) bond motifs is 1. The maximum absolute atomic E-state index is 13.1. The number of amides is 1. The van der Waals surface area contributed by atoms with Crippen LogP contribution < -0.4 is 10.1 Å². The maximum Gasteiger partial charge on any atom is 0.287 e. The Morgan fingerprint density at radius 2 is 1.48 bits per heavy atom. The molecule has 0 unspecified atom stereocenters. The largest absolute Gasteiger partial charge is 0.490 e. The molecule has 7 rings (SSSR count). The Morgan fingerprint density at radius 3 is 2.17 bits per heavy atom. The molecule has 2 aliphatic heterocycles. The molecule has 0 saturated carbocycles. The monoisotopic (exact) mass is 639 g/mol. The summed E-state index contributed by atoms with van der Waals surface area (Å²) >= 11 is 0. The lowest BCUT2D eigenvalue weighted by Crippen LogP contribution is -2.44. The second-order valence-corrected chi connectivity index (χ2v) is 12.7. The lowest BCUT2D eigenvalue weighted by atomic mass is 10.0. The summed E-state index contributed by atoms with van der Waals surface area (Å²) in [5.74, 6) is 0.882. The summed E-state index contributed by atoms with van der Waals surface area (Å²) in [5, 5.41) is 26.6. The van der Waals surface area contributed by atoms with Gasteiger partial charge in [0.2, 0.25) is 0 Å². The fourth-order valence-electron chi connectivity index (χ4n) is 6.54. The zero-order valence-corrected chi connectivity index (χ0v) is 26.7. The van der Waals surface area contributed by atoms with Gasteiger partial charge in [-0.3, -0.25) is 14.6 Å². The van der Waals surface area contributed by atoms with Gasteiger partial charge < -0.3 is 14.5 Å². The van der Waals surface area contributed by atoms with Crippen LogP contribution in [0.3, 0.4) is 0 Å². The minimum atomic E-state index is -0.186. The van der Waals surface area contributed by atoms with Crippen molar-refractivity contribution in [1.82, 2.24) is 24.9 Å². The van der Waals surface area contributed by atoms with Gasteiger partial charge in [-0.05, 0) is 85.8 Å². The van der Waals surface area contributed by atoms with E-state index < -0.39 is 0 Å². The first-order chi connectivity index (χ1) is 23.5. The number of aromatic nitrogens is 2. The van der Waals surface area contributed by atoms with Crippen molar-refractivity contribution in [3.05, 3.63) is 113 Å². The van der Waals surface area contributed by atoms with Crippen LogP contribution in [0.4, 0.5) is 0 Å². The number of furan rings is 1. The average Bonchev–Trinajstić information content (AvgIpc) is 3.78. The van der Waals surface area contributed by atoms with E-state index in [0.29, 0.717) is 22.5 Å². The standard InChI is InChI=1S/C38H37N7O3/c39-21-27-1-3-29(4-2-27)24-43-15-11-32(12-16-43)42-38(46)37-19-31-7-10-35(20-36(31)48-37)47-34-13-17-44(18-14-34)25-30-23-41-45(26-30)33-8-5-28(22-40)6-9-33/h1-10,19-20,23,26,32,34H,11-18,24-25H2,(H,42,46). The summed E-state index contributed by atoms with van der Waals surface area (Å²) in [6.07, 6.45) is 7.64. The molecule has 242 valence electrons. The van der Waals surface area contributed by atoms with E-state index in [1.54, 1.807) is 18.2 Å². The highest BCUT2D eigenvalue weighted by Gasteiger charge is 2.24. The minimum Gasteiger partial charge on any atom is -0.490 e. The summed E-state index contributed by atoms with van der Waals surface area (Å²) in [5.41, 5.74) is 5.22. The number of rotatable bonds is 9. The van der Waals surface area contributed by atoms with Crippen molar-refractivity contribution >= 4 is 16.9 Å². The highest BCUT2D eigenvalue weighted by atomic mass is 16.5. The Morgan fingerprint density at radius 1 is 0.833 bits per heavy atom. The van der Waals surface area contributed by atoms with Crippen LogP contribution >= 0.6 is 0 Å². The lowest BCUT2D eigenvalue weighted by molar-refractivity contribution is 0.0882. The number of likely N-dealkylation sites (tertiary alicyclic amines) is 2. The molecule has 2 aliphatic rings. The Kier molecular flexibility index (Phi) is 9.19. The molecule has 2 fully saturated rings.